The lowest BCUT2D eigenvalue weighted by Gasteiger charge is -2.11. The number of phosphoric acid groups is 1. The van der Waals surface area contributed by atoms with E-state index in [1.165, 1.54) is 89.2 Å². The average Bonchev–Trinajstić information content (AvgIpc) is 2.75. The first kappa shape index (κ1) is 29.4. The van der Waals surface area contributed by atoms with Crippen molar-refractivity contribution in [1.82, 2.24) is 0 Å². The molecule has 1 aromatic rings. The van der Waals surface area contributed by atoms with Crippen LogP contribution in [0.5, 0.6) is 5.75 Å². The fraction of sp³-hybridized carbons (Fsp3) is 0.708. The molecule has 0 saturated heterocycles. The van der Waals surface area contributed by atoms with E-state index in [1.807, 2.05) is 0 Å². The number of hydrogen-bond acceptors (Lipinski definition) is 4. The number of unbranched alkanes of at least 4 members (excludes halogenated alkanes) is 14. The number of phosphoric ester groups is 1. The Hall–Kier alpha value is -0.630. The quantitative estimate of drug-likeness (QED) is 0.0698. The van der Waals surface area contributed by atoms with Crippen LogP contribution in [-0.4, -0.2) is 15.6 Å². The van der Waals surface area contributed by atoms with Gasteiger partial charge in [0.05, 0.1) is 3.57 Å². The minimum Gasteiger partial charge on any atom is -0.403 e. The molecule has 0 unspecified atom stereocenters. The van der Waals surface area contributed by atoms with E-state index in [9.17, 15) is 12.4 Å². The second-order valence-electron chi connectivity index (χ2n) is 8.40. The van der Waals surface area contributed by atoms with Crippen molar-refractivity contribution in [2.24, 2.45) is 0 Å². The van der Waals surface area contributed by atoms with Crippen molar-refractivity contribution >= 4 is 34.8 Å². The predicted molar refractivity (Wildman–Crippen MR) is 136 cm³/mol. The summed E-state index contributed by atoms with van der Waals surface area (Å²) in [7, 11) is -4.76. The molecule has 0 heterocycles. The van der Waals surface area contributed by atoms with Gasteiger partial charge in [0.25, 0.3) is 0 Å². The molecule has 184 valence electrons. The van der Waals surface area contributed by atoms with Crippen molar-refractivity contribution in [1.29, 1.82) is 0 Å². The van der Waals surface area contributed by atoms with Crippen LogP contribution in [0.2, 0.25) is 0 Å². The van der Waals surface area contributed by atoms with Gasteiger partial charge in [-0.2, -0.15) is 0 Å². The molecule has 32 heavy (non-hydrogen) atoms. The Balaban J connectivity index is 2.14. The van der Waals surface area contributed by atoms with Crippen molar-refractivity contribution in [3.63, 3.8) is 0 Å². The number of ketones is 1. The van der Waals surface area contributed by atoms with E-state index in [0.29, 0.717) is 6.42 Å². The van der Waals surface area contributed by atoms with E-state index < -0.39 is 29.0 Å². The summed E-state index contributed by atoms with van der Waals surface area (Å²) in [6.45, 7) is 2.25. The Morgan fingerprint density at radius 3 is 1.75 bits per heavy atom. The molecule has 0 aliphatic rings. The smallest absolute Gasteiger partial charge is 0.403 e. The first-order valence-corrected chi connectivity index (χ1v) is 15.6. The molecule has 0 saturated carbocycles. The van der Waals surface area contributed by atoms with Gasteiger partial charge in [-0.25, -0.2) is 4.57 Å². The number of halogens is 1. The summed E-state index contributed by atoms with van der Waals surface area (Å²) in [5.74, 6) is -0.315. The minimum absolute atomic E-state index is 0.126. The summed E-state index contributed by atoms with van der Waals surface area (Å²) in [6, 6.07) is 4.37. The van der Waals surface area contributed by atoms with Crippen LogP contribution in [0.15, 0.2) is 18.2 Å². The topological polar surface area (TPSA) is 101 Å². The molecular formula is C24H40IO6P. The van der Waals surface area contributed by atoms with E-state index >= 15 is 0 Å². The van der Waals surface area contributed by atoms with Gasteiger partial charge in [0.2, 0.25) is 0 Å². The van der Waals surface area contributed by atoms with Crippen LogP contribution in [0, 0.1) is 3.57 Å². The van der Waals surface area contributed by atoms with Crippen LogP contribution in [-0.2, 0) is 7.63 Å². The van der Waals surface area contributed by atoms with Gasteiger partial charge in [-0.15, -0.1) is 0 Å². The predicted octanol–water partition coefficient (Wildman–Crippen LogP) is 8.09. The molecule has 0 spiro atoms. The zero-order valence-corrected chi connectivity index (χ0v) is 22.5. The lowest BCUT2D eigenvalue weighted by Crippen LogP contribution is -2.04. The third-order valence-corrected chi connectivity index (χ3v) is 7.55. The Kier molecular flexibility index (Phi) is 16.3. The molecule has 0 aliphatic carbocycles. The van der Waals surface area contributed by atoms with Crippen LogP contribution in [0.4, 0.5) is 0 Å². The Labute approximate surface area is 203 Å². The Bertz CT molecular complexity index is 718. The first-order valence-electron chi connectivity index (χ1n) is 12.1. The highest BCUT2D eigenvalue weighted by Crippen LogP contribution is 2.41. The summed E-state index contributed by atoms with van der Waals surface area (Å²) in [5.41, 5.74) is 0.254. The second-order valence-corrected chi connectivity index (χ2v) is 11.1. The highest BCUT2D eigenvalue weighted by molar-refractivity contribution is 14.1. The summed E-state index contributed by atoms with van der Waals surface area (Å²) in [6.07, 6.45) is 19.2. The Morgan fingerprint density at radius 1 is 0.844 bits per heavy atom. The molecule has 0 bridgehead atoms. The van der Waals surface area contributed by atoms with Gasteiger partial charge < -0.3 is 4.52 Å². The second kappa shape index (κ2) is 17.8. The van der Waals surface area contributed by atoms with Crippen molar-refractivity contribution < 1.29 is 26.7 Å². The lowest BCUT2D eigenvalue weighted by atomic mass is 10.0. The normalized spacial score (nSPS) is 11.6. The number of rotatable bonds is 20. The average molecular weight is 582 g/mol. The molecule has 1 aromatic carbocycles. The molecular weight excluding hydrogens is 542 g/mol. The van der Waals surface area contributed by atoms with E-state index in [1.54, 1.807) is 6.07 Å². The third kappa shape index (κ3) is 13.8. The van der Waals surface area contributed by atoms with Crippen LogP contribution in [0.1, 0.15) is 120 Å². The van der Waals surface area contributed by atoms with Crippen LogP contribution in [0.3, 0.4) is 0 Å². The van der Waals surface area contributed by atoms with Crippen LogP contribution in [0.25, 0.3) is 0 Å². The zero-order valence-electron chi connectivity index (χ0n) is 19.4. The highest BCUT2D eigenvalue weighted by atomic mass is 127. The molecule has 0 fully saturated rings. The maximum Gasteiger partial charge on any atom is 0.524 e. The summed E-state index contributed by atoms with van der Waals surface area (Å²) < 4.78 is 27.4. The Morgan fingerprint density at radius 2 is 1.31 bits per heavy atom. The van der Waals surface area contributed by atoms with Gasteiger partial charge in [-0.3, -0.25) is 17.7 Å². The lowest BCUT2D eigenvalue weighted by molar-refractivity contribution is 0.0977. The van der Waals surface area contributed by atoms with E-state index in [-0.39, 0.29) is 20.7 Å². The maximum atomic E-state index is 12.5. The summed E-state index contributed by atoms with van der Waals surface area (Å²) >= 11 is -1.80. The number of Topliss-reactive ketones (excluding diaryl/α,β-unsaturated/α-hetero) is 1. The van der Waals surface area contributed by atoms with Crippen molar-refractivity contribution in [2.45, 2.75) is 110 Å². The molecule has 6 nitrogen and oxygen atoms in total. The summed E-state index contributed by atoms with van der Waals surface area (Å²) in [5, 5.41) is 0. The molecule has 0 amide bonds. The largest absolute Gasteiger partial charge is 0.524 e. The third-order valence-electron chi connectivity index (χ3n) is 5.57. The molecule has 0 aromatic heterocycles. The summed E-state index contributed by atoms with van der Waals surface area (Å²) in [4.78, 5) is 30.5. The SMILES string of the molecule is CCCCCCCCCCCCCCCCCC(=O)c1cccc(OP(=O)(O)O)c1I=O. The van der Waals surface area contributed by atoms with Gasteiger partial charge in [0.15, 0.2) is 27.0 Å². The van der Waals surface area contributed by atoms with Crippen molar-refractivity contribution in [3.8, 4) is 5.75 Å². The first-order chi connectivity index (χ1) is 15.4. The van der Waals surface area contributed by atoms with Crippen LogP contribution < -0.4 is 4.52 Å². The van der Waals surface area contributed by atoms with Gasteiger partial charge in [-0.05, 0) is 18.6 Å². The number of carbonyl (C=O) groups excluding carboxylic acids is 1. The molecule has 1 rings (SSSR count). The monoisotopic (exact) mass is 582 g/mol. The number of carbonyl (C=O) groups is 1. The van der Waals surface area contributed by atoms with Crippen molar-refractivity contribution in [2.75, 3.05) is 0 Å². The zero-order chi connectivity index (χ0) is 23.7. The van der Waals surface area contributed by atoms with Crippen LogP contribution >= 0.6 is 29.0 Å². The van der Waals surface area contributed by atoms with Gasteiger partial charge in [0.1, 0.15) is 5.75 Å². The highest BCUT2D eigenvalue weighted by Gasteiger charge is 2.22. The van der Waals surface area contributed by atoms with Crippen molar-refractivity contribution in [3.05, 3.63) is 27.3 Å². The van der Waals surface area contributed by atoms with E-state index in [2.05, 4.69) is 11.4 Å². The van der Waals surface area contributed by atoms with Gasteiger partial charge in [0, 0.05) is 12.0 Å². The minimum atomic E-state index is -4.76. The van der Waals surface area contributed by atoms with Gasteiger partial charge in [-0.1, -0.05) is 103 Å². The fourth-order valence-corrected chi connectivity index (χ4v) is 5.60. The molecule has 2 N–H and O–H groups in total. The number of benzene rings is 1. The van der Waals surface area contributed by atoms with E-state index in [4.69, 9.17) is 9.79 Å². The number of hydrogen-bond donors (Lipinski definition) is 2. The molecule has 0 radical (unpaired) electrons. The molecule has 8 heteroatoms. The fourth-order valence-electron chi connectivity index (χ4n) is 3.80. The maximum absolute atomic E-state index is 12.5. The van der Waals surface area contributed by atoms with E-state index in [0.717, 1.165) is 19.3 Å². The standard InChI is InChI=1S/C24H40IO6P/c1-2-3-4-5-6-7-8-9-10-11-12-13-14-15-16-19-22(26)21-18-17-20-23(24(21)25-27)31-32(28,29)30/h17-18,20H,2-16,19H2,1H3,(H2,28,29,30). The molecule has 0 atom stereocenters. The van der Waals surface area contributed by atoms with Gasteiger partial charge >= 0.3 is 7.82 Å². The molecule has 0 aliphatic heterocycles.